The Bertz CT molecular complexity index is 588. The highest BCUT2D eigenvalue weighted by atomic mass is 79.9. The Morgan fingerprint density at radius 2 is 2.06 bits per heavy atom. The van der Waals surface area contributed by atoms with Crippen molar-refractivity contribution in [2.45, 2.75) is 10.9 Å². The van der Waals surface area contributed by atoms with Gasteiger partial charge in [0.15, 0.2) is 0 Å². The van der Waals surface area contributed by atoms with Gasteiger partial charge in [0.2, 0.25) is 0 Å². The van der Waals surface area contributed by atoms with Crippen LogP contribution in [-0.4, -0.2) is 5.75 Å². The molecule has 0 fully saturated rings. The summed E-state index contributed by atoms with van der Waals surface area (Å²) in [5.41, 5.74) is 2.25. The van der Waals surface area contributed by atoms with Crippen molar-refractivity contribution in [3.63, 3.8) is 0 Å². The smallest absolute Gasteiger partial charge is 0.124 e. The second kappa shape index (κ2) is 4.94. The van der Waals surface area contributed by atoms with E-state index in [1.54, 1.807) is 6.07 Å². The third-order valence-electron chi connectivity index (χ3n) is 2.96. The number of nitrogens with one attached hydrogen (secondary N) is 1. The molecule has 0 radical (unpaired) electrons. The van der Waals surface area contributed by atoms with Gasteiger partial charge in [0.25, 0.3) is 0 Å². The molecule has 0 saturated heterocycles. The number of anilines is 1. The summed E-state index contributed by atoms with van der Waals surface area (Å²) in [6, 6.07) is 13.4. The fourth-order valence-electron chi connectivity index (χ4n) is 2.08. The van der Waals surface area contributed by atoms with Gasteiger partial charge in [-0.2, -0.15) is 0 Å². The molecular formula is C14H11BrFNS. The second-order valence-electron chi connectivity index (χ2n) is 4.17. The largest absolute Gasteiger partial charge is 0.376 e. The zero-order valence-electron chi connectivity index (χ0n) is 9.49. The fraction of sp³-hybridized carbons (Fsp3) is 0.143. The van der Waals surface area contributed by atoms with Crippen LogP contribution in [0.25, 0.3) is 0 Å². The lowest BCUT2D eigenvalue weighted by molar-refractivity contribution is 0.627. The van der Waals surface area contributed by atoms with Gasteiger partial charge in [0, 0.05) is 20.8 Å². The monoisotopic (exact) mass is 323 g/mol. The minimum atomic E-state index is -0.228. The number of halogens is 2. The van der Waals surface area contributed by atoms with E-state index in [1.807, 2.05) is 11.8 Å². The lowest BCUT2D eigenvalue weighted by atomic mass is 10.1. The zero-order chi connectivity index (χ0) is 12.5. The molecule has 2 aromatic rings. The first-order valence-corrected chi connectivity index (χ1v) is 7.45. The Morgan fingerprint density at radius 1 is 1.22 bits per heavy atom. The highest BCUT2D eigenvalue weighted by molar-refractivity contribution is 9.10. The molecule has 4 heteroatoms. The first-order chi connectivity index (χ1) is 8.74. The summed E-state index contributed by atoms with van der Waals surface area (Å²) in [6.45, 7) is 0. The fourth-order valence-corrected chi connectivity index (χ4v) is 3.70. The number of hydrogen-bond acceptors (Lipinski definition) is 2. The highest BCUT2D eigenvalue weighted by Gasteiger charge is 2.22. The van der Waals surface area contributed by atoms with Gasteiger partial charge in [-0.25, -0.2) is 4.39 Å². The van der Waals surface area contributed by atoms with Crippen molar-refractivity contribution in [3.8, 4) is 0 Å². The topological polar surface area (TPSA) is 12.0 Å². The standard InChI is InChI=1S/C14H11BrFNS/c15-11-7-9(16)5-6-12(11)17-13-8-18-14-4-2-1-3-10(13)14/h1-7,13,17H,8H2. The Hall–Kier alpha value is -1.00. The number of fused-ring (bicyclic) bond motifs is 1. The van der Waals surface area contributed by atoms with E-state index in [9.17, 15) is 4.39 Å². The zero-order valence-corrected chi connectivity index (χ0v) is 11.9. The molecule has 3 rings (SSSR count). The van der Waals surface area contributed by atoms with Gasteiger partial charge in [0.05, 0.1) is 6.04 Å². The van der Waals surface area contributed by atoms with Gasteiger partial charge >= 0.3 is 0 Å². The van der Waals surface area contributed by atoms with E-state index >= 15 is 0 Å². The molecule has 1 heterocycles. The van der Waals surface area contributed by atoms with Crippen molar-refractivity contribution in [2.75, 3.05) is 11.1 Å². The third-order valence-corrected chi connectivity index (χ3v) is 4.80. The first kappa shape index (κ1) is 12.1. The summed E-state index contributed by atoms with van der Waals surface area (Å²) in [6.07, 6.45) is 0. The third kappa shape index (κ3) is 2.27. The molecule has 0 aliphatic carbocycles. The molecule has 0 spiro atoms. The van der Waals surface area contributed by atoms with Gasteiger partial charge in [-0.3, -0.25) is 0 Å². The maximum atomic E-state index is 13.0. The minimum Gasteiger partial charge on any atom is -0.376 e. The molecule has 1 atom stereocenters. The highest BCUT2D eigenvalue weighted by Crippen LogP contribution is 2.40. The maximum absolute atomic E-state index is 13.0. The van der Waals surface area contributed by atoms with Crippen LogP contribution in [0.3, 0.4) is 0 Å². The molecule has 0 aromatic heterocycles. The van der Waals surface area contributed by atoms with E-state index in [1.165, 1.54) is 22.6 Å². The van der Waals surface area contributed by atoms with Crippen LogP contribution in [0.15, 0.2) is 51.8 Å². The predicted octanol–water partition coefficient (Wildman–Crippen LogP) is 4.85. The van der Waals surface area contributed by atoms with Crippen molar-refractivity contribution in [2.24, 2.45) is 0 Å². The average molecular weight is 324 g/mol. The van der Waals surface area contributed by atoms with Crippen molar-refractivity contribution in [1.29, 1.82) is 0 Å². The molecule has 1 aliphatic rings. The maximum Gasteiger partial charge on any atom is 0.124 e. The lowest BCUT2D eigenvalue weighted by Crippen LogP contribution is -2.10. The van der Waals surface area contributed by atoms with E-state index in [4.69, 9.17) is 0 Å². The summed E-state index contributed by atoms with van der Waals surface area (Å²) in [5, 5.41) is 3.46. The second-order valence-corrected chi connectivity index (χ2v) is 6.09. The lowest BCUT2D eigenvalue weighted by Gasteiger charge is -2.16. The number of thioether (sulfide) groups is 1. The Labute approximate surface area is 118 Å². The van der Waals surface area contributed by atoms with Gasteiger partial charge in [-0.05, 0) is 45.8 Å². The van der Waals surface area contributed by atoms with E-state index in [-0.39, 0.29) is 11.9 Å². The molecule has 92 valence electrons. The minimum absolute atomic E-state index is 0.228. The van der Waals surface area contributed by atoms with E-state index in [0.29, 0.717) is 0 Å². The van der Waals surface area contributed by atoms with E-state index in [2.05, 4.69) is 45.5 Å². The molecule has 1 N–H and O–H groups in total. The van der Waals surface area contributed by atoms with Gasteiger partial charge in [-0.1, -0.05) is 18.2 Å². The van der Waals surface area contributed by atoms with Crippen LogP contribution in [0, 0.1) is 5.82 Å². The van der Waals surface area contributed by atoms with Crippen LogP contribution >= 0.6 is 27.7 Å². The van der Waals surface area contributed by atoms with Gasteiger partial charge in [0.1, 0.15) is 5.82 Å². The van der Waals surface area contributed by atoms with Crippen LogP contribution < -0.4 is 5.32 Å². The number of rotatable bonds is 2. The normalized spacial score (nSPS) is 17.6. The van der Waals surface area contributed by atoms with E-state index in [0.717, 1.165) is 15.9 Å². The van der Waals surface area contributed by atoms with Crippen LogP contribution in [0.5, 0.6) is 0 Å². The molecule has 0 bridgehead atoms. The Balaban J connectivity index is 1.86. The van der Waals surface area contributed by atoms with Crippen LogP contribution in [0.1, 0.15) is 11.6 Å². The molecule has 1 aliphatic heterocycles. The van der Waals surface area contributed by atoms with Crippen molar-refractivity contribution in [1.82, 2.24) is 0 Å². The molecule has 2 aromatic carbocycles. The predicted molar refractivity (Wildman–Crippen MR) is 77.6 cm³/mol. The molecule has 1 nitrogen and oxygen atoms in total. The molecular weight excluding hydrogens is 313 g/mol. The van der Waals surface area contributed by atoms with Gasteiger partial charge in [-0.15, -0.1) is 11.8 Å². The summed E-state index contributed by atoms with van der Waals surface area (Å²) in [7, 11) is 0. The van der Waals surface area contributed by atoms with Crippen LogP contribution in [0.4, 0.5) is 10.1 Å². The average Bonchev–Trinajstić information content (AvgIpc) is 2.76. The van der Waals surface area contributed by atoms with Crippen LogP contribution in [-0.2, 0) is 0 Å². The molecule has 18 heavy (non-hydrogen) atoms. The van der Waals surface area contributed by atoms with Crippen LogP contribution in [0.2, 0.25) is 0 Å². The first-order valence-electron chi connectivity index (χ1n) is 5.67. The Morgan fingerprint density at radius 3 is 2.89 bits per heavy atom. The number of benzene rings is 2. The SMILES string of the molecule is Fc1ccc(NC2CSc3ccccc32)c(Br)c1. The number of hydrogen-bond donors (Lipinski definition) is 1. The summed E-state index contributed by atoms with van der Waals surface area (Å²) in [4.78, 5) is 1.33. The van der Waals surface area contributed by atoms with Crippen molar-refractivity contribution >= 4 is 33.4 Å². The summed E-state index contributed by atoms with van der Waals surface area (Å²) in [5.74, 6) is 0.775. The summed E-state index contributed by atoms with van der Waals surface area (Å²) < 4.78 is 13.8. The quantitative estimate of drug-likeness (QED) is 0.848. The Kier molecular flexibility index (Phi) is 3.31. The molecule has 0 amide bonds. The van der Waals surface area contributed by atoms with Crippen molar-refractivity contribution in [3.05, 3.63) is 58.3 Å². The molecule has 0 saturated carbocycles. The summed E-state index contributed by atoms with van der Waals surface area (Å²) >= 11 is 5.24. The molecule has 1 unspecified atom stereocenters. The van der Waals surface area contributed by atoms with E-state index < -0.39 is 0 Å². The van der Waals surface area contributed by atoms with Gasteiger partial charge < -0.3 is 5.32 Å². The van der Waals surface area contributed by atoms with Crippen molar-refractivity contribution < 1.29 is 4.39 Å².